The standard InChI is InChI=1S/C19H17N3O2/c20-12-7-13-22-17(23)19(21-18(22)24,16-10-5-2-6-11-16)14-15-8-3-1-4-9-15/h1-6,8-11H,7,13-14H2,(H,21,24)/t19-/m0/s1. The number of nitriles is 1. The maximum atomic E-state index is 13.1. The molecular weight excluding hydrogens is 302 g/mol. The fraction of sp³-hybridized carbons (Fsp3) is 0.211. The van der Waals surface area contributed by atoms with Crippen LogP contribution in [0.2, 0.25) is 0 Å². The summed E-state index contributed by atoms with van der Waals surface area (Å²) in [5.74, 6) is -0.308. The highest BCUT2D eigenvalue weighted by atomic mass is 16.2. The average molecular weight is 319 g/mol. The van der Waals surface area contributed by atoms with Gasteiger partial charge in [0.25, 0.3) is 5.91 Å². The van der Waals surface area contributed by atoms with Crippen LogP contribution in [-0.4, -0.2) is 23.4 Å². The maximum Gasteiger partial charge on any atom is 0.325 e. The first-order chi connectivity index (χ1) is 11.7. The number of nitrogens with zero attached hydrogens (tertiary/aromatic N) is 2. The molecule has 24 heavy (non-hydrogen) atoms. The van der Waals surface area contributed by atoms with Crippen LogP contribution >= 0.6 is 0 Å². The summed E-state index contributed by atoms with van der Waals surface area (Å²) in [5.41, 5.74) is 0.568. The molecular formula is C19H17N3O2. The summed E-state index contributed by atoms with van der Waals surface area (Å²) in [6.45, 7) is 0.102. The molecule has 3 amide bonds. The fourth-order valence-corrected chi connectivity index (χ4v) is 3.03. The van der Waals surface area contributed by atoms with Gasteiger partial charge in [-0.1, -0.05) is 60.7 Å². The second-order valence-corrected chi connectivity index (χ2v) is 5.73. The van der Waals surface area contributed by atoms with Gasteiger partial charge in [-0.2, -0.15) is 5.26 Å². The van der Waals surface area contributed by atoms with Crippen LogP contribution in [0.3, 0.4) is 0 Å². The molecule has 2 aromatic rings. The van der Waals surface area contributed by atoms with Crippen molar-refractivity contribution in [2.45, 2.75) is 18.4 Å². The first-order valence-corrected chi connectivity index (χ1v) is 7.78. The first kappa shape index (κ1) is 15.8. The Bertz CT molecular complexity index is 783. The van der Waals surface area contributed by atoms with Gasteiger partial charge in [0.2, 0.25) is 0 Å². The molecule has 1 fully saturated rings. The average Bonchev–Trinajstić information content (AvgIpc) is 2.86. The van der Waals surface area contributed by atoms with Crippen LogP contribution in [0, 0.1) is 11.3 Å². The monoisotopic (exact) mass is 319 g/mol. The number of carbonyl (C=O) groups excluding carboxylic acids is 2. The van der Waals surface area contributed by atoms with Gasteiger partial charge in [-0.05, 0) is 11.1 Å². The molecule has 0 saturated carbocycles. The van der Waals surface area contributed by atoms with Crippen molar-refractivity contribution < 1.29 is 9.59 Å². The Balaban J connectivity index is 2.02. The zero-order chi connectivity index (χ0) is 17.0. The number of nitrogens with one attached hydrogen (secondary N) is 1. The highest BCUT2D eigenvalue weighted by Gasteiger charge is 2.52. The minimum absolute atomic E-state index is 0.102. The van der Waals surface area contributed by atoms with Gasteiger partial charge >= 0.3 is 6.03 Å². The van der Waals surface area contributed by atoms with Gasteiger partial charge in [-0.3, -0.25) is 9.69 Å². The number of rotatable bonds is 5. The van der Waals surface area contributed by atoms with E-state index in [1.807, 2.05) is 66.7 Å². The van der Waals surface area contributed by atoms with E-state index in [0.717, 1.165) is 16.0 Å². The summed E-state index contributed by atoms with van der Waals surface area (Å²) < 4.78 is 0. The molecule has 120 valence electrons. The van der Waals surface area contributed by atoms with Crippen molar-refractivity contribution in [3.63, 3.8) is 0 Å². The topological polar surface area (TPSA) is 73.2 Å². The lowest BCUT2D eigenvalue weighted by molar-refractivity contribution is -0.131. The SMILES string of the molecule is N#CCCN1C(=O)N[C@@](Cc2ccccc2)(c2ccccc2)C1=O. The van der Waals surface area contributed by atoms with E-state index in [1.165, 1.54) is 0 Å². The number of urea groups is 1. The van der Waals surface area contributed by atoms with Crippen molar-refractivity contribution >= 4 is 11.9 Å². The van der Waals surface area contributed by atoms with Crippen LogP contribution in [0.25, 0.3) is 0 Å². The predicted molar refractivity (Wildman–Crippen MR) is 88.7 cm³/mol. The summed E-state index contributed by atoms with van der Waals surface area (Å²) >= 11 is 0. The molecule has 0 unspecified atom stereocenters. The lowest BCUT2D eigenvalue weighted by Gasteiger charge is -2.27. The van der Waals surface area contributed by atoms with Crippen molar-refractivity contribution in [3.8, 4) is 6.07 Å². The molecule has 1 heterocycles. The molecule has 1 aliphatic heterocycles. The predicted octanol–water partition coefficient (Wildman–Crippen LogP) is 2.59. The number of carbonyl (C=O) groups is 2. The molecule has 3 rings (SSSR count). The molecule has 5 nitrogen and oxygen atoms in total. The molecule has 5 heteroatoms. The molecule has 0 aromatic heterocycles. The normalized spacial score (nSPS) is 19.9. The van der Waals surface area contributed by atoms with Crippen LogP contribution in [0.5, 0.6) is 0 Å². The summed E-state index contributed by atoms with van der Waals surface area (Å²) in [6.07, 6.45) is 0.487. The third kappa shape index (κ3) is 2.74. The largest absolute Gasteiger partial charge is 0.325 e. The number of hydrogen-bond acceptors (Lipinski definition) is 3. The van der Waals surface area contributed by atoms with Gasteiger partial charge in [-0.25, -0.2) is 4.79 Å². The van der Waals surface area contributed by atoms with Gasteiger partial charge in [-0.15, -0.1) is 0 Å². The molecule has 2 aromatic carbocycles. The van der Waals surface area contributed by atoms with Gasteiger partial charge in [0.1, 0.15) is 0 Å². The Morgan fingerprint density at radius 1 is 1.00 bits per heavy atom. The quantitative estimate of drug-likeness (QED) is 0.861. The van der Waals surface area contributed by atoms with E-state index in [9.17, 15) is 9.59 Å². The van der Waals surface area contributed by atoms with Crippen molar-refractivity contribution in [1.29, 1.82) is 5.26 Å². The fourth-order valence-electron chi connectivity index (χ4n) is 3.03. The van der Waals surface area contributed by atoms with Crippen LogP contribution in [0.1, 0.15) is 17.5 Å². The van der Waals surface area contributed by atoms with Crippen LogP contribution in [0.15, 0.2) is 60.7 Å². The number of imide groups is 1. The number of hydrogen-bond donors (Lipinski definition) is 1. The second kappa shape index (κ2) is 6.55. The Morgan fingerprint density at radius 2 is 1.62 bits per heavy atom. The molecule has 0 spiro atoms. The second-order valence-electron chi connectivity index (χ2n) is 5.73. The van der Waals surface area contributed by atoms with Gasteiger partial charge in [0, 0.05) is 13.0 Å². The maximum absolute atomic E-state index is 13.1. The molecule has 1 atom stereocenters. The van der Waals surface area contributed by atoms with E-state index >= 15 is 0 Å². The Kier molecular flexibility index (Phi) is 4.30. The molecule has 0 radical (unpaired) electrons. The van der Waals surface area contributed by atoms with Crippen LogP contribution in [0.4, 0.5) is 4.79 Å². The van der Waals surface area contributed by atoms with E-state index in [-0.39, 0.29) is 18.9 Å². The minimum Gasteiger partial charge on any atom is -0.319 e. The lowest BCUT2D eigenvalue weighted by Crippen LogP contribution is -2.46. The zero-order valence-corrected chi connectivity index (χ0v) is 13.1. The van der Waals surface area contributed by atoms with Crippen LogP contribution < -0.4 is 5.32 Å². The summed E-state index contributed by atoms with van der Waals surface area (Å²) in [4.78, 5) is 26.6. The summed E-state index contributed by atoms with van der Waals surface area (Å²) in [5, 5.41) is 11.6. The minimum atomic E-state index is -1.13. The third-order valence-corrected chi connectivity index (χ3v) is 4.20. The lowest BCUT2D eigenvalue weighted by atomic mass is 9.83. The number of benzene rings is 2. The summed E-state index contributed by atoms with van der Waals surface area (Å²) in [7, 11) is 0. The van der Waals surface area contributed by atoms with Crippen LogP contribution in [-0.2, 0) is 16.8 Å². The van der Waals surface area contributed by atoms with Crippen molar-refractivity contribution in [2.75, 3.05) is 6.54 Å². The van der Waals surface area contributed by atoms with Crippen molar-refractivity contribution in [2.24, 2.45) is 0 Å². The zero-order valence-electron chi connectivity index (χ0n) is 13.1. The molecule has 1 saturated heterocycles. The highest BCUT2D eigenvalue weighted by Crippen LogP contribution is 2.33. The molecule has 1 aliphatic rings. The molecule has 0 bridgehead atoms. The van der Waals surface area contributed by atoms with E-state index in [1.54, 1.807) is 0 Å². The third-order valence-electron chi connectivity index (χ3n) is 4.20. The van der Waals surface area contributed by atoms with E-state index in [2.05, 4.69) is 5.32 Å². The smallest absolute Gasteiger partial charge is 0.319 e. The Hall–Kier alpha value is -3.13. The Morgan fingerprint density at radius 3 is 2.25 bits per heavy atom. The Labute approximate surface area is 140 Å². The van der Waals surface area contributed by atoms with Gasteiger partial charge in [0.15, 0.2) is 5.54 Å². The van der Waals surface area contributed by atoms with Gasteiger partial charge < -0.3 is 5.32 Å². The van der Waals surface area contributed by atoms with Crippen molar-refractivity contribution in [3.05, 3.63) is 71.8 Å². The molecule has 1 N–H and O–H groups in total. The van der Waals surface area contributed by atoms with E-state index < -0.39 is 11.6 Å². The van der Waals surface area contributed by atoms with Crippen molar-refractivity contribution in [1.82, 2.24) is 10.2 Å². The summed E-state index contributed by atoms with van der Waals surface area (Å²) in [6, 6.07) is 20.4. The number of amides is 3. The van der Waals surface area contributed by atoms with E-state index in [4.69, 9.17) is 5.26 Å². The highest BCUT2D eigenvalue weighted by molar-refractivity contribution is 6.07. The molecule has 0 aliphatic carbocycles. The van der Waals surface area contributed by atoms with E-state index in [0.29, 0.717) is 6.42 Å². The first-order valence-electron chi connectivity index (χ1n) is 7.78. The van der Waals surface area contributed by atoms with Gasteiger partial charge in [0.05, 0.1) is 12.5 Å².